The van der Waals surface area contributed by atoms with Crippen molar-refractivity contribution in [2.24, 2.45) is 0 Å². The Balaban J connectivity index is 2.24. The van der Waals surface area contributed by atoms with Crippen LogP contribution >= 0.6 is 23.2 Å². The minimum atomic E-state index is -0.554. The van der Waals surface area contributed by atoms with Gasteiger partial charge in [0.15, 0.2) is 0 Å². The lowest BCUT2D eigenvalue weighted by molar-refractivity contribution is -0.142. The topological polar surface area (TPSA) is 77.2 Å². The zero-order valence-electron chi connectivity index (χ0n) is 15.3. The Kier molecular flexibility index (Phi) is 5.58. The number of carbonyl (C=O) groups excluding carboxylic acids is 1. The molecule has 2 heterocycles. The second kappa shape index (κ2) is 7.74. The third-order valence-electron chi connectivity index (χ3n) is 4.22. The van der Waals surface area contributed by atoms with Gasteiger partial charge in [-0.15, -0.1) is 0 Å². The quantitative estimate of drug-likeness (QED) is 0.738. The van der Waals surface area contributed by atoms with E-state index < -0.39 is 11.9 Å². The number of hydrogen-bond acceptors (Lipinski definition) is 6. The molecule has 1 aromatic carbocycles. The van der Waals surface area contributed by atoms with E-state index in [1.165, 1.54) is 6.39 Å². The summed E-state index contributed by atoms with van der Waals surface area (Å²) in [6, 6.07) is 5.31. The van der Waals surface area contributed by atoms with Crippen LogP contribution in [0.4, 0.5) is 0 Å². The van der Waals surface area contributed by atoms with Crippen LogP contribution in [0.25, 0.3) is 5.57 Å². The molecule has 0 amide bonds. The number of rotatable bonds is 4. The zero-order valence-corrected chi connectivity index (χ0v) is 16.9. The van der Waals surface area contributed by atoms with E-state index in [2.05, 4.69) is 15.5 Å². The van der Waals surface area contributed by atoms with Crippen LogP contribution < -0.4 is 5.32 Å². The molecule has 8 heteroatoms. The lowest BCUT2D eigenvalue weighted by Crippen LogP contribution is -2.30. The highest BCUT2D eigenvalue weighted by atomic mass is 35.5. The number of aromatic nitrogens is 2. The zero-order chi connectivity index (χ0) is 19.7. The first-order chi connectivity index (χ1) is 12.8. The van der Waals surface area contributed by atoms with Crippen LogP contribution in [0, 0.1) is 0 Å². The van der Waals surface area contributed by atoms with E-state index in [0.29, 0.717) is 38.3 Å². The maximum absolute atomic E-state index is 12.9. The molecule has 0 saturated heterocycles. The first-order valence-corrected chi connectivity index (χ1v) is 9.17. The van der Waals surface area contributed by atoms with Gasteiger partial charge in [-0.05, 0) is 39.3 Å². The molecule has 0 saturated carbocycles. The standard InChI is InChI=1S/C19H19Cl2N3O3/c1-9(2)27-19(25)15-11(4)23-10(3)14(18-22-8-26-24-18)16(15)12-6-5-7-13(20)17(12)21/h5-9,16,23H,1-4H3. The largest absolute Gasteiger partial charge is 0.460 e. The normalized spacial score (nSPS) is 17.4. The molecule has 2 aromatic rings. The molecule has 6 nitrogen and oxygen atoms in total. The Bertz CT molecular complexity index is 934. The van der Waals surface area contributed by atoms with E-state index in [9.17, 15) is 4.79 Å². The number of ether oxygens (including phenoxy) is 1. The fourth-order valence-corrected chi connectivity index (χ4v) is 3.60. The average Bonchev–Trinajstić information content (AvgIpc) is 3.10. The molecule has 1 unspecified atom stereocenters. The van der Waals surface area contributed by atoms with Crippen molar-refractivity contribution >= 4 is 34.7 Å². The molecule has 1 N–H and O–H groups in total. The molecule has 1 atom stereocenters. The highest BCUT2D eigenvalue weighted by Gasteiger charge is 2.38. The van der Waals surface area contributed by atoms with Crippen molar-refractivity contribution in [3.8, 4) is 0 Å². The second-order valence-corrected chi connectivity index (χ2v) is 7.27. The van der Waals surface area contributed by atoms with Gasteiger partial charge < -0.3 is 14.6 Å². The van der Waals surface area contributed by atoms with Gasteiger partial charge in [-0.3, -0.25) is 0 Å². The van der Waals surface area contributed by atoms with E-state index >= 15 is 0 Å². The molecule has 0 radical (unpaired) electrons. The van der Waals surface area contributed by atoms with Crippen molar-refractivity contribution in [3.05, 3.63) is 63.0 Å². The number of dihydropyridines is 1. The van der Waals surface area contributed by atoms with Crippen LogP contribution in [-0.2, 0) is 9.53 Å². The maximum atomic E-state index is 12.9. The fourth-order valence-electron chi connectivity index (χ4n) is 3.18. The number of halogens is 2. The number of carbonyl (C=O) groups is 1. The summed E-state index contributed by atoms with van der Waals surface area (Å²) in [6.45, 7) is 7.29. The Morgan fingerprint density at radius 2 is 2.00 bits per heavy atom. The molecule has 0 spiro atoms. The van der Waals surface area contributed by atoms with E-state index in [1.807, 2.05) is 19.9 Å². The Morgan fingerprint density at radius 1 is 1.26 bits per heavy atom. The third-order valence-corrected chi connectivity index (χ3v) is 5.05. The second-order valence-electron chi connectivity index (χ2n) is 6.49. The van der Waals surface area contributed by atoms with Gasteiger partial charge in [-0.2, -0.15) is 4.98 Å². The SMILES string of the molecule is CC1=C(C(=O)OC(C)C)C(c2cccc(Cl)c2Cl)C(c2ncon2)=C(C)N1. The summed E-state index contributed by atoms with van der Waals surface area (Å²) in [6.07, 6.45) is 0.970. The van der Waals surface area contributed by atoms with Crippen LogP contribution in [0.5, 0.6) is 0 Å². The molecule has 1 aromatic heterocycles. The van der Waals surface area contributed by atoms with Gasteiger partial charge in [-0.25, -0.2) is 4.79 Å². The number of esters is 1. The predicted molar refractivity (Wildman–Crippen MR) is 103 cm³/mol. The molecular formula is C19H19Cl2N3O3. The smallest absolute Gasteiger partial charge is 0.337 e. The van der Waals surface area contributed by atoms with Crippen LogP contribution in [0.1, 0.15) is 45.0 Å². The maximum Gasteiger partial charge on any atom is 0.337 e. The minimum absolute atomic E-state index is 0.270. The molecule has 0 fully saturated rings. The summed E-state index contributed by atoms with van der Waals surface area (Å²) < 4.78 is 10.4. The predicted octanol–water partition coefficient (Wildman–Crippen LogP) is 4.72. The highest BCUT2D eigenvalue weighted by Crippen LogP contribution is 2.46. The number of nitrogens with zero attached hydrogens (tertiary/aromatic N) is 2. The van der Waals surface area contributed by atoms with Crippen molar-refractivity contribution in [1.29, 1.82) is 0 Å². The third kappa shape index (κ3) is 3.73. The molecule has 142 valence electrons. The molecule has 0 aliphatic carbocycles. The average molecular weight is 408 g/mol. The highest BCUT2D eigenvalue weighted by molar-refractivity contribution is 6.42. The van der Waals surface area contributed by atoms with E-state index in [1.54, 1.807) is 26.0 Å². The summed E-state index contributed by atoms with van der Waals surface area (Å²) in [5, 5.41) is 7.94. The van der Waals surface area contributed by atoms with Gasteiger partial charge in [0.25, 0.3) is 0 Å². The van der Waals surface area contributed by atoms with Gasteiger partial charge in [0, 0.05) is 22.9 Å². The summed E-state index contributed by atoms with van der Waals surface area (Å²) in [7, 11) is 0. The molecule has 3 rings (SSSR count). The van der Waals surface area contributed by atoms with Crippen LogP contribution in [0.2, 0.25) is 10.0 Å². The van der Waals surface area contributed by atoms with E-state index in [0.717, 1.165) is 5.70 Å². The van der Waals surface area contributed by atoms with E-state index in [-0.39, 0.29) is 6.10 Å². The van der Waals surface area contributed by atoms with Gasteiger partial charge in [0.05, 0.1) is 21.7 Å². The first kappa shape index (κ1) is 19.5. The van der Waals surface area contributed by atoms with Crippen molar-refractivity contribution in [3.63, 3.8) is 0 Å². The lowest BCUT2D eigenvalue weighted by atomic mass is 9.80. The molecule has 1 aliphatic heterocycles. The molecule has 0 bridgehead atoms. The molecule has 1 aliphatic rings. The Labute approximate surface area is 167 Å². The molecule has 27 heavy (non-hydrogen) atoms. The number of hydrogen-bond donors (Lipinski definition) is 1. The summed E-state index contributed by atoms with van der Waals surface area (Å²) in [4.78, 5) is 17.1. The number of nitrogens with one attached hydrogen (secondary N) is 1. The van der Waals surface area contributed by atoms with Crippen LogP contribution in [0.3, 0.4) is 0 Å². The number of allylic oxidation sites excluding steroid dienone is 3. The van der Waals surface area contributed by atoms with Gasteiger partial charge in [-0.1, -0.05) is 40.5 Å². The minimum Gasteiger partial charge on any atom is -0.460 e. The first-order valence-electron chi connectivity index (χ1n) is 8.41. The van der Waals surface area contributed by atoms with Gasteiger partial charge in [0.2, 0.25) is 12.2 Å². The molecular weight excluding hydrogens is 389 g/mol. The number of benzene rings is 1. The van der Waals surface area contributed by atoms with Crippen molar-refractivity contribution in [1.82, 2.24) is 15.5 Å². The summed E-state index contributed by atoms with van der Waals surface area (Å²) in [5.41, 5.74) is 3.23. The van der Waals surface area contributed by atoms with Gasteiger partial charge >= 0.3 is 5.97 Å². The van der Waals surface area contributed by atoms with Crippen molar-refractivity contribution in [2.75, 3.05) is 0 Å². The monoisotopic (exact) mass is 407 g/mol. The Hall–Kier alpha value is -2.31. The van der Waals surface area contributed by atoms with Crippen molar-refractivity contribution < 1.29 is 14.1 Å². The van der Waals surface area contributed by atoms with Crippen LogP contribution in [0.15, 0.2) is 46.1 Å². The lowest BCUT2D eigenvalue weighted by Gasteiger charge is -2.31. The fraction of sp³-hybridized carbons (Fsp3) is 0.316. The van der Waals surface area contributed by atoms with E-state index in [4.69, 9.17) is 32.5 Å². The van der Waals surface area contributed by atoms with Crippen molar-refractivity contribution in [2.45, 2.75) is 39.7 Å². The van der Waals surface area contributed by atoms with Gasteiger partial charge in [0.1, 0.15) is 0 Å². The summed E-state index contributed by atoms with van der Waals surface area (Å²) >= 11 is 12.8. The Morgan fingerprint density at radius 3 is 2.63 bits per heavy atom. The summed E-state index contributed by atoms with van der Waals surface area (Å²) in [5.74, 6) is -0.630. The van der Waals surface area contributed by atoms with Crippen LogP contribution in [-0.4, -0.2) is 22.2 Å².